The molecule has 0 aromatic heterocycles. The van der Waals surface area contributed by atoms with Gasteiger partial charge in [-0.25, -0.2) is 0 Å². The zero-order valence-corrected chi connectivity index (χ0v) is 15.1. The van der Waals surface area contributed by atoms with Gasteiger partial charge in [-0.1, -0.05) is 60.1 Å². The molecule has 1 N–H and O–H groups in total. The molecule has 0 radical (unpaired) electrons. The summed E-state index contributed by atoms with van der Waals surface area (Å²) in [5.41, 5.74) is 1.62. The molecule has 0 unspecified atom stereocenters. The van der Waals surface area contributed by atoms with Crippen LogP contribution in [0.15, 0.2) is 53.0 Å². The van der Waals surface area contributed by atoms with Crippen LogP contribution < -0.4 is 10.1 Å². The van der Waals surface area contributed by atoms with Crippen molar-refractivity contribution in [2.45, 2.75) is 26.8 Å². The summed E-state index contributed by atoms with van der Waals surface area (Å²) in [7, 11) is 0. The first-order valence-electron chi connectivity index (χ1n) is 7.80. The number of carbonyl (C=O) groups excluding carboxylic acids is 1. The first-order valence-corrected chi connectivity index (χ1v) is 8.60. The van der Waals surface area contributed by atoms with Crippen LogP contribution in [0, 0.1) is 5.92 Å². The number of amides is 1. The van der Waals surface area contributed by atoms with Gasteiger partial charge in [0.25, 0.3) is 5.91 Å². The second-order valence-electron chi connectivity index (χ2n) is 5.84. The minimum absolute atomic E-state index is 0.130. The predicted octanol–water partition coefficient (Wildman–Crippen LogP) is 4.80. The summed E-state index contributed by atoms with van der Waals surface area (Å²) < 4.78 is 6.65. The molecule has 1 amide bonds. The van der Waals surface area contributed by atoms with Crippen LogP contribution in [0.1, 0.15) is 36.2 Å². The molecule has 0 saturated carbocycles. The van der Waals surface area contributed by atoms with E-state index in [2.05, 4.69) is 35.1 Å². The molecule has 0 heterocycles. The van der Waals surface area contributed by atoms with Gasteiger partial charge in [0.1, 0.15) is 5.75 Å². The minimum Gasteiger partial charge on any atom is -0.493 e. The number of ether oxygens (including phenoxy) is 1. The topological polar surface area (TPSA) is 38.3 Å². The van der Waals surface area contributed by atoms with E-state index >= 15 is 0 Å². The summed E-state index contributed by atoms with van der Waals surface area (Å²) in [4.78, 5) is 12.5. The average molecular weight is 376 g/mol. The normalized spacial score (nSPS) is 10.6. The van der Waals surface area contributed by atoms with Crippen LogP contribution in [0.4, 0.5) is 0 Å². The van der Waals surface area contributed by atoms with Crippen molar-refractivity contribution in [3.63, 3.8) is 0 Å². The summed E-state index contributed by atoms with van der Waals surface area (Å²) >= 11 is 3.42. The van der Waals surface area contributed by atoms with Crippen molar-refractivity contribution in [2.24, 2.45) is 5.92 Å². The maximum absolute atomic E-state index is 12.5. The highest BCUT2D eigenvalue weighted by Crippen LogP contribution is 2.24. The zero-order valence-electron chi connectivity index (χ0n) is 13.5. The second-order valence-corrected chi connectivity index (χ2v) is 6.76. The lowest BCUT2D eigenvalue weighted by Gasteiger charge is -2.13. The van der Waals surface area contributed by atoms with Crippen molar-refractivity contribution in [1.29, 1.82) is 0 Å². The molecule has 0 aliphatic rings. The molecule has 0 spiro atoms. The Morgan fingerprint density at radius 2 is 1.91 bits per heavy atom. The standard InChI is InChI=1S/C19H22BrNO2/c1-14(2)10-11-23-18-9-8-16(20)12-17(18)19(22)21-13-15-6-4-3-5-7-15/h3-9,12,14H,10-11,13H2,1-2H3,(H,21,22). The lowest BCUT2D eigenvalue weighted by atomic mass is 10.1. The van der Waals surface area contributed by atoms with Crippen molar-refractivity contribution in [3.8, 4) is 5.75 Å². The fraction of sp³-hybridized carbons (Fsp3) is 0.316. The molecule has 0 saturated heterocycles. The van der Waals surface area contributed by atoms with Crippen LogP contribution in [0.3, 0.4) is 0 Å². The van der Waals surface area contributed by atoms with Crippen molar-refractivity contribution in [3.05, 3.63) is 64.1 Å². The molecule has 2 aromatic carbocycles. The molecule has 0 atom stereocenters. The van der Waals surface area contributed by atoms with Crippen molar-refractivity contribution >= 4 is 21.8 Å². The highest BCUT2D eigenvalue weighted by Gasteiger charge is 2.13. The fourth-order valence-electron chi connectivity index (χ4n) is 2.08. The van der Waals surface area contributed by atoms with E-state index in [-0.39, 0.29) is 5.91 Å². The number of hydrogen-bond acceptors (Lipinski definition) is 2. The van der Waals surface area contributed by atoms with E-state index in [1.807, 2.05) is 42.5 Å². The summed E-state index contributed by atoms with van der Waals surface area (Å²) in [6.45, 7) is 5.41. The van der Waals surface area contributed by atoms with Crippen molar-refractivity contribution in [2.75, 3.05) is 6.61 Å². The van der Waals surface area contributed by atoms with Crippen molar-refractivity contribution < 1.29 is 9.53 Å². The van der Waals surface area contributed by atoms with Gasteiger partial charge in [-0.2, -0.15) is 0 Å². The van der Waals surface area contributed by atoms with Gasteiger partial charge in [-0.15, -0.1) is 0 Å². The second kappa shape index (κ2) is 8.73. The number of hydrogen-bond donors (Lipinski definition) is 1. The maximum Gasteiger partial charge on any atom is 0.255 e. The number of halogens is 1. The van der Waals surface area contributed by atoms with E-state index in [9.17, 15) is 4.79 Å². The monoisotopic (exact) mass is 375 g/mol. The largest absolute Gasteiger partial charge is 0.493 e. The average Bonchev–Trinajstić information content (AvgIpc) is 2.54. The highest BCUT2D eigenvalue weighted by molar-refractivity contribution is 9.10. The Morgan fingerprint density at radius 3 is 2.61 bits per heavy atom. The number of benzene rings is 2. The molecule has 23 heavy (non-hydrogen) atoms. The molecular weight excluding hydrogens is 354 g/mol. The molecule has 0 bridgehead atoms. The zero-order chi connectivity index (χ0) is 16.7. The quantitative estimate of drug-likeness (QED) is 0.754. The molecule has 0 fully saturated rings. The Morgan fingerprint density at radius 1 is 1.17 bits per heavy atom. The van der Waals surface area contributed by atoms with Crippen LogP contribution in [0.25, 0.3) is 0 Å². The lowest BCUT2D eigenvalue weighted by Crippen LogP contribution is -2.23. The van der Waals surface area contributed by atoms with Gasteiger partial charge < -0.3 is 10.1 Å². The number of rotatable bonds is 7. The Hall–Kier alpha value is -1.81. The predicted molar refractivity (Wildman–Crippen MR) is 96.7 cm³/mol. The Kier molecular flexibility index (Phi) is 6.66. The fourth-order valence-corrected chi connectivity index (χ4v) is 2.44. The smallest absolute Gasteiger partial charge is 0.255 e. The van der Waals surface area contributed by atoms with Gasteiger partial charge in [0.2, 0.25) is 0 Å². The number of carbonyl (C=O) groups is 1. The summed E-state index contributed by atoms with van der Waals surface area (Å²) in [5, 5.41) is 2.94. The van der Waals surface area contributed by atoms with Crippen LogP contribution in [0.2, 0.25) is 0 Å². The van der Waals surface area contributed by atoms with E-state index < -0.39 is 0 Å². The molecule has 3 nitrogen and oxygen atoms in total. The summed E-state index contributed by atoms with van der Waals surface area (Å²) in [5.74, 6) is 1.06. The Bertz CT molecular complexity index is 641. The third-order valence-electron chi connectivity index (χ3n) is 3.43. The first-order chi connectivity index (χ1) is 11.1. The number of nitrogens with one attached hydrogen (secondary N) is 1. The van der Waals surface area contributed by atoms with Gasteiger partial charge in [0.05, 0.1) is 12.2 Å². The maximum atomic E-state index is 12.5. The molecule has 2 rings (SSSR count). The lowest BCUT2D eigenvalue weighted by molar-refractivity contribution is 0.0946. The molecule has 0 aliphatic carbocycles. The first kappa shape index (κ1) is 17.5. The van der Waals surface area contributed by atoms with Crippen LogP contribution in [0.5, 0.6) is 5.75 Å². The third kappa shape index (κ3) is 5.71. The summed E-state index contributed by atoms with van der Waals surface area (Å²) in [6.07, 6.45) is 0.959. The van der Waals surface area contributed by atoms with Gasteiger partial charge in [0.15, 0.2) is 0 Å². The van der Waals surface area contributed by atoms with Crippen LogP contribution in [-0.4, -0.2) is 12.5 Å². The van der Waals surface area contributed by atoms with Gasteiger partial charge in [0, 0.05) is 11.0 Å². The minimum atomic E-state index is -0.130. The van der Waals surface area contributed by atoms with Crippen LogP contribution in [-0.2, 0) is 6.54 Å². The van der Waals surface area contributed by atoms with Gasteiger partial charge in [-0.05, 0) is 36.1 Å². The molecule has 0 aliphatic heterocycles. The van der Waals surface area contributed by atoms with Crippen LogP contribution >= 0.6 is 15.9 Å². The highest BCUT2D eigenvalue weighted by atomic mass is 79.9. The third-order valence-corrected chi connectivity index (χ3v) is 3.93. The molecule has 122 valence electrons. The molecule has 4 heteroatoms. The Balaban J connectivity index is 2.04. The van der Waals surface area contributed by atoms with Crippen molar-refractivity contribution in [1.82, 2.24) is 5.32 Å². The van der Waals surface area contributed by atoms with E-state index in [0.29, 0.717) is 30.4 Å². The molecule has 2 aromatic rings. The van der Waals surface area contributed by atoms with Gasteiger partial charge >= 0.3 is 0 Å². The summed E-state index contributed by atoms with van der Waals surface area (Å²) in [6, 6.07) is 15.4. The van der Waals surface area contributed by atoms with Gasteiger partial charge in [-0.3, -0.25) is 4.79 Å². The van der Waals surface area contributed by atoms with E-state index in [1.165, 1.54) is 0 Å². The van der Waals surface area contributed by atoms with E-state index in [1.54, 1.807) is 6.07 Å². The Labute approximate surface area is 146 Å². The molecular formula is C19H22BrNO2. The van der Waals surface area contributed by atoms with E-state index in [4.69, 9.17) is 4.74 Å². The SMILES string of the molecule is CC(C)CCOc1ccc(Br)cc1C(=O)NCc1ccccc1. The van der Waals surface area contributed by atoms with E-state index in [0.717, 1.165) is 16.5 Å².